The van der Waals surface area contributed by atoms with Crippen LogP contribution in [0.1, 0.15) is 61.9 Å². The number of nitrogens with zero attached hydrogens (tertiary/aromatic N) is 3. The molecule has 1 fully saturated rings. The Balaban J connectivity index is 1.69. The third kappa shape index (κ3) is 3.17. The van der Waals surface area contributed by atoms with Crippen LogP contribution in [0.4, 0.5) is 13.2 Å². The number of rotatable bonds is 2. The molecule has 2 aromatic rings. The zero-order valence-corrected chi connectivity index (χ0v) is 15.7. The molecular formula is C19H22F3N5O. The quantitative estimate of drug-likeness (QED) is 0.823. The molecule has 0 bridgehead atoms. The fourth-order valence-corrected chi connectivity index (χ4v) is 4.26. The van der Waals surface area contributed by atoms with Crippen molar-refractivity contribution in [3.8, 4) is 0 Å². The lowest BCUT2D eigenvalue weighted by Crippen LogP contribution is -2.51. The molecule has 3 atom stereocenters. The highest BCUT2D eigenvalue weighted by atomic mass is 19.4. The molecule has 2 aliphatic heterocycles. The number of benzene rings is 1. The average Bonchev–Trinajstić information content (AvgIpc) is 3.06. The number of carbonyl (C=O) groups excluding carboxylic acids is 1. The highest BCUT2D eigenvalue weighted by molar-refractivity contribution is 5.77. The van der Waals surface area contributed by atoms with Gasteiger partial charge in [-0.15, -0.1) is 10.2 Å². The van der Waals surface area contributed by atoms with Crippen LogP contribution >= 0.6 is 0 Å². The maximum atomic E-state index is 12.9. The number of hydrogen-bond donors (Lipinski definition) is 2. The lowest BCUT2D eigenvalue weighted by Gasteiger charge is -2.35. The number of nitrogens with one attached hydrogen (secondary N) is 2. The second kappa shape index (κ2) is 6.58. The molecule has 1 amide bonds. The van der Waals surface area contributed by atoms with E-state index < -0.39 is 17.2 Å². The summed E-state index contributed by atoms with van der Waals surface area (Å²) >= 11 is 0. The Morgan fingerprint density at radius 2 is 1.93 bits per heavy atom. The van der Waals surface area contributed by atoms with Crippen molar-refractivity contribution in [2.75, 3.05) is 0 Å². The summed E-state index contributed by atoms with van der Waals surface area (Å²) in [5, 5.41) is 14.9. The van der Waals surface area contributed by atoms with Gasteiger partial charge < -0.3 is 9.88 Å². The summed E-state index contributed by atoms with van der Waals surface area (Å²) in [4.78, 5) is 11.9. The van der Waals surface area contributed by atoms with E-state index >= 15 is 0 Å². The molecule has 0 aliphatic carbocycles. The van der Waals surface area contributed by atoms with Gasteiger partial charge in [0.2, 0.25) is 5.91 Å². The van der Waals surface area contributed by atoms with Gasteiger partial charge in [-0.25, -0.2) is 0 Å². The van der Waals surface area contributed by atoms with E-state index in [2.05, 4.69) is 20.8 Å². The minimum atomic E-state index is -4.36. The largest absolute Gasteiger partial charge is 0.416 e. The van der Waals surface area contributed by atoms with Crippen molar-refractivity contribution < 1.29 is 18.0 Å². The standard InChI is InChI=1S/C19H22F3N5O/c1-11-23-14(10-15(28)24-11)16-25-26-17-18(2,8-3-9-27(16)17)12-4-6-13(7-5-12)19(20,21)22/h4-7,11,14,23H,3,8-10H2,1-2H3,(H,24,28). The Hall–Kier alpha value is -2.42. The Kier molecular flexibility index (Phi) is 4.45. The highest BCUT2D eigenvalue weighted by Crippen LogP contribution is 2.41. The molecule has 1 aromatic carbocycles. The van der Waals surface area contributed by atoms with Crippen LogP contribution in [-0.2, 0) is 22.9 Å². The van der Waals surface area contributed by atoms with Gasteiger partial charge in [-0.3, -0.25) is 10.1 Å². The van der Waals surface area contributed by atoms with Crippen LogP contribution in [0.3, 0.4) is 0 Å². The number of aromatic nitrogens is 3. The predicted molar refractivity (Wildman–Crippen MR) is 95.3 cm³/mol. The molecule has 0 saturated carbocycles. The van der Waals surface area contributed by atoms with Crippen molar-refractivity contribution in [3.63, 3.8) is 0 Å². The third-order valence-corrected chi connectivity index (χ3v) is 5.71. The molecule has 0 radical (unpaired) electrons. The van der Waals surface area contributed by atoms with Crippen molar-refractivity contribution >= 4 is 5.91 Å². The summed E-state index contributed by atoms with van der Waals surface area (Å²) in [6.45, 7) is 4.58. The summed E-state index contributed by atoms with van der Waals surface area (Å²) in [5.41, 5.74) is -0.414. The molecule has 150 valence electrons. The maximum absolute atomic E-state index is 12.9. The number of alkyl halides is 3. The summed E-state index contributed by atoms with van der Waals surface area (Å²) in [6, 6.07) is 5.05. The monoisotopic (exact) mass is 393 g/mol. The van der Waals surface area contributed by atoms with Crippen LogP contribution in [0.15, 0.2) is 24.3 Å². The Morgan fingerprint density at radius 1 is 1.21 bits per heavy atom. The van der Waals surface area contributed by atoms with Gasteiger partial charge >= 0.3 is 6.18 Å². The summed E-state index contributed by atoms with van der Waals surface area (Å²) in [6.07, 6.45) is -2.62. The van der Waals surface area contributed by atoms with E-state index in [9.17, 15) is 18.0 Å². The molecule has 1 saturated heterocycles. The van der Waals surface area contributed by atoms with Gasteiger partial charge in [0.1, 0.15) is 5.82 Å². The van der Waals surface area contributed by atoms with E-state index in [-0.39, 0.29) is 24.5 Å². The van der Waals surface area contributed by atoms with Crippen LogP contribution in [0, 0.1) is 0 Å². The normalized spacial score (nSPS) is 28.0. The van der Waals surface area contributed by atoms with Crippen molar-refractivity contribution in [2.24, 2.45) is 0 Å². The molecule has 2 aliphatic rings. The first-order valence-corrected chi connectivity index (χ1v) is 9.35. The van der Waals surface area contributed by atoms with Crippen LogP contribution in [0.5, 0.6) is 0 Å². The second-order valence-electron chi connectivity index (χ2n) is 7.76. The van der Waals surface area contributed by atoms with E-state index in [1.54, 1.807) is 0 Å². The summed E-state index contributed by atoms with van der Waals surface area (Å²) < 4.78 is 40.7. The summed E-state index contributed by atoms with van der Waals surface area (Å²) in [7, 11) is 0. The number of halogens is 3. The van der Waals surface area contributed by atoms with E-state index in [1.807, 2.05) is 18.4 Å². The molecule has 9 heteroatoms. The molecule has 2 N–H and O–H groups in total. The van der Waals surface area contributed by atoms with Crippen molar-refractivity contribution in [3.05, 3.63) is 47.0 Å². The zero-order valence-electron chi connectivity index (χ0n) is 15.7. The van der Waals surface area contributed by atoms with Crippen molar-refractivity contribution in [2.45, 2.75) is 63.5 Å². The second-order valence-corrected chi connectivity index (χ2v) is 7.76. The number of hydrogen-bond acceptors (Lipinski definition) is 4. The van der Waals surface area contributed by atoms with Crippen molar-refractivity contribution in [1.82, 2.24) is 25.4 Å². The Bertz CT molecular complexity index is 892. The van der Waals surface area contributed by atoms with Gasteiger partial charge in [-0.05, 0) is 44.4 Å². The van der Waals surface area contributed by atoms with E-state index in [0.29, 0.717) is 5.82 Å². The fraction of sp³-hybridized carbons (Fsp3) is 0.526. The van der Waals surface area contributed by atoms with Crippen LogP contribution in [0.2, 0.25) is 0 Å². The van der Waals surface area contributed by atoms with Gasteiger partial charge in [0.05, 0.1) is 23.2 Å². The molecule has 4 rings (SSSR count). The number of fused-ring (bicyclic) bond motifs is 1. The highest BCUT2D eigenvalue weighted by Gasteiger charge is 2.40. The van der Waals surface area contributed by atoms with Crippen molar-refractivity contribution in [1.29, 1.82) is 0 Å². The van der Waals surface area contributed by atoms with Gasteiger partial charge in [0, 0.05) is 13.0 Å². The SMILES string of the molecule is CC1NC(=O)CC(c2nnc3n2CCCC3(C)c2ccc(C(F)(F)F)cc2)N1. The molecule has 0 spiro atoms. The molecule has 3 unspecified atom stereocenters. The van der Waals surface area contributed by atoms with E-state index in [1.165, 1.54) is 12.1 Å². The summed E-state index contributed by atoms with van der Waals surface area (Å²) in [5.74, 6) is 1.39. The van der Waals surface area contributed by atoms with Crippen LogP contribution < -0.4 is 10.6 Å². The van der Waals surface area contributed by atoms with E-state index in [4.69, 9.17) is 0 Å². The van der Waals surface area contributed by atoms with Gasteiger partial charge in [-0.1, -0.05) is 12.1 Å². The Labute approximate surface area is 160 Å². The zero-order chi connectivity index (χ0) is 20.1. The topological polar surface area (TPSA) is 71.8 Å². The first kappa shape index (κ1) is 18.9. The van der Waals surface area contributed by atoms with Gasteiger partial charge in [-0.2, -0.15) is 13.2 Å². The average molecular weight is 393 g/mol. The van der Waals surface area contributed by atoms with Gasteiger partial charge in [0.15, 0.2) is 5.82 Å². The molecular weight excluding hydrogens is 371 g/mol. The van der Waals surface area contributed by atoms with Crippen LogP contribution in [0.25, 0.3) is 0 Å². The predicted octanol–water partition coefficient (Wildman–Crippen LogP) is 2.89. The molecule has 1 aromatic heterocycles. The minimum absolute atomic E-state index is 0.0464. The number of amides is 1. The smallest absolute Gasteiger partial charge is 0.341 e. The maximum Gasteiger partial charge on any atom is 0.416 e. The molecule has 6 nitrogen and oxygen atoms in total. The Morgan fingerprint density at radius 3 is 2.57 bits per heavy atom. The first-order valence-electron chi connectivity index (χ1n) is 9.35. The molecule has 28 heavy (non-hydrogen) atoms. The fourth-order valence-electron chi connectivity index (χ4n) is 4.26. The first-order chi connectivity index (χ1) is 13.2. The van der Waals surface area contributed by atoms with E-state index in [0.717, 1.165) is 42.9 Å². The minimum Gasteiger partial charge on any atom is -0.341 e. The number of carbonyl (C=O) groups is 1. The van der Waals surface area contributed by atoms with Gasteiger partial charge in [0.25, 0.3) is 0 Å². The molecule has 3 heterocycles. The lowest BCUT2D eigenvalue weighted by molar-refractivity contribution is -0.137. The lowest BCUT2D eigenvalue weighted by atomic mass is 9.75. The third-order valence-electron chi connectivity index (χ3n) is 5.71. The van der Waals surface area contributed by atoms with Crippen LogP contribution in [-0.4, -0.2) is 26.8 Å².